The maximum atomic E-state index is 11.6. The maximum absolute atomic E-state index is 11.6. The number of aromatic nitrogens is 2. The molecule has 0 aliphatic heterocycles. The van der Waals surface area contributed by atoms with Crippen molar-refractivity contribution in [1.82, 2.24) is 20.6 Å². The van der Waals surface area contributed by atoms with E-state index in [-0.39, 0.29) is 49.6 Å². The molecule has 2 atom stereocenters. The number of carbonyl (C=O) groups is 2. The van der Waals surface area contributed by atoms with Crippen LogP contribution >= 0.6 is 23.2 Å². The van der Waals surface area contributed by atoms with Crippen molar-refractivity contribution in [2.75, 3.05) is 13.2 Å². The van der Waals surface area contributed by atoms with Crippen molar-refractivity contribution in [1.29, 1.82) is 10.5 Å². The summed E-state index contributed by atoms with van der Waals surface area (Å²) < 4.78 is 24.9. The molecule has 350 valence electrons. The van der Waals surface area contributed by atoms with E-state index < -0.39 is 37.2 Å². The number of nitrogens with one attached hydrogen (secondary N) is 2. The Kier molecular flexibility index (Phi) is 17.7. The van der Waals surface area contributed by atoms with E-state index in [2.05, 4.69) is 32.7 Å². The molecule has 0 radical (unpaired) electrons. The van der Waals surface area contributed by atoms with Crippen LogP contribution < -0.4 is 29.6 Å². The van der Waals surface area contributed by atoms with Crippen LogP contribution in [0.4, 0.5) is 0 Å². The molecule has 0 aliphatic carbocycles. The largest absolute Gasteiger partial charge is 0.488 e. The first-order chi connectivity index (χ1) is 32.8. The standard InChI is InChI=1S/C50H46Cl2N6O10/c1-29-35(27-67-47-13-45(65-25-33-9-31(15-53)17-55-19-33)37(11-41(47)51)21-57-43(23-59)49(61)62)5-3-7-39(29)40-8-4-6-36(30(40)2)28-68-48-14-46(66-26-34-10-32(16-54)18-56-20-34)38(12-42(48)52)22-58-44(24-60)50(63)64/h3-14,17-20,43-44,57-60H,21-28H2,1-2H3,(H,61,62)(H,63,64). The molecule has 0 amide bonds. The Morgan fingerprint density at radius 1 is 0.588 bits per heavy atom. The average Bonchev–Trinajstić information content (AvgIpc) is 3.33. The van der Waals surface area contributed by atoms with E-state index in [0.29, 0.717) is 56.4 Å². The number of halogens is 2. The highest BCUT2D eigenvalue weighted by Crippen LogP contribution is 2.37. The lowest BCUT2D eigenvalue weighted by molar-refractivity contribution is -0.141. The van der Waals surface area contributed by atoms with Gasteiger partial charge < -0.3 is 39.4 Å². The van der Waals surface area contributed by atoms with Gasteiger partial charge in [-0.15, -0.1) is 0 Å². The number of nitrogens with zero attached hydrogens (tertiary/aromatic N) is 4. The number of carboxylic acid groups (broad SMARTS) is 2. The Hall–Kier alpha value is -7.28. The molecular weight excluding hydrogens is 915 g/mol. The Morgan fingerprint density at radius 3 is 1.35 bits per heavy atom. The smallest absolute Gasteiger partial charge is 0.323 e. The van der Waals surface area contributed by atoms with Crippen molar-refractivity contribution in [3.05, 3.63) is 163 Å². The summed E-state index contributed by atoms with van der Waals surface area (Å²) in [7, 11) is 0. The first kappa shape index (κ1) is 50.1. The number of rotatable bonds is 23. The van der Waals surface area contributed by atoms with Crippen LogP contribution in [0.2, 0.25) is 10.0 Å². The minimum Gasteiger partial charge on any atom is -0.488 e. The number of nitriles is 2. The lowest BCUT2D eigenvalue weighted by Gasteiger charge is -2.19. The molecule has 0 saturated carbocycles. The average molecular weight is 962 g/mol. The van der Waals surface area contributed by atoms with Gasteiger partial charge in [0.15, 0.2) is 0 Å². The minimum atomic E-state index is -1.22. The summed E-state index contributed by atoms with van der Waals surface area (Å²) in [6, 6.07) is 23.2. The van der Waals surface area contributed by atoms with Crippen LogP contribution in [0.15, 0.2) is 97.6 Å². The van der Waals surface area contributed by atoms with E-state index in [0.717, 1.165) is 33.4 Å². The van der Waals surface area contributed by atoms with Gasteiger partial charge in [0.2, 0.25) is 0 Å². The fourth-order valence-electron chi connectivity index (χ4n) is 7.00. The van der Waals surface area contributed by atoms with Gasteiger partial charge in [0.05, 0.1) is 34.4 Å². The fraction of sp³-hybridized carbons (Fsp3) is 0.240. The monoisotopic (exact) mass is 960 g/mol. The van der Waals surface area contributed by atoms with Crippen LogP contribution in [0.3, 0.4) is 0 Å². The molecule has 18 heteroatoms. The zero-order valence-electron chi connectivity index (χ0n) is 36.8. The highest BCUT2D eigenvalue weighted by molar-refractivity contribution is 6.32. The third-order valence-corrected chi connectivity index (χ3v) is 11.4. The summed E-state index contributed by atoms with van der Waals surface area (Å²) in [5, 5.41) is 62.8. The quantitative estimate of drug-likeness (QED) is 0.0372. The predicted octanol–water partition coefficient (Wildman–Crippen LogP) is 7.20. The Bertz CT molecular complexity index is 2680. The van der Waals surface area contributed by atoms with E-state index >= 15 is 0 Å². The van der Waals surface area contributed by atoms with Gasteiger partial charge >= 0.3 is 11.9 Å². The summed E-state index contributed by atoms with van der Waals surface area (Å²) in [5.74, 6) is -1.15. The molecule has 68 heavy (non-hydrogen) atoms. The zero-order chi connectivity index (χ0) is 48.7. The molecule has 0 bridgehead atoms. The van der Waals surface area contributed by atoms with E-state index in [1.807, 2.05) is 50.2 Å². The summed E-state index contributed by atoms with van der Waals surface area (Å²) in [6.07, 6.45) is 6.02. The van der Waals surface area contributed by atoms with E-state index in [1.54, 1.807) is 48.8 Å². The highest BCUT2D eigenvalue weighted by atomic mass is 35.5. The number of aliphatic carboxylic acids is 2. The van der Waals surface area contributed by atoms with Crippen molar-refractivity contribution < 1.29 is 49.0 Å². The molecule has 0 saturated heterocycles. The number of aliphatic hydroxyl groups excluding tert-OH is 2. The second-order valence-electron chi connectivity index (χ2n) is 15.4. The van der Waals surface area contributed by atoms with Crippen LogP contribution in [0.25, 0.3) is 11.1 Å². The van der Waals surface area contributed by atoms with Crippen molar-refractivity contribution in [3.63, 3.8) is 0 Å². The van der Waals surface area contributed by atoms with Crippen molar-refractivity contribution in [2.45, 2.75) is 65.4 Å². The maximum Gasteiger partial charge on any atom is 0.323 e. The molecule has 6 rings (SSSR count). The van der Waals surface area contributed by atoms with Crippen LogP contribution in [-0.2, 0) is 49.1 Å². The third kappa shape index (κ3) is 13.0. The van der Waals surface area contributed by atoms with E-state index in [1.165, 1.54) is 12.4 Å². The Morgan fingerprint density at radius 2 is 0.985 bits per heavy atom. The molecule has 2 heterocycles. The van der Waals surface area contributed by atoms with Gasteiger partial charge in [-0.1, -0.05) is 59.6 Å². The van der Waals surface area contributed by atoms with Crippen molar-refractivity contribution in [3.8, 4) is 46.3 Å². The first-order valence-corrected chi connectivity index (χ1v) is 21.7. The predicted molar refractivity (Wildman–Crippen MR) is 250 cm³/mol. The van der Waals surface area contributed by atoms with Crippen LogP contribution in [-0.4, -0.2) is 67.6 Å². The van der Waals surface area contributed by atoms with Crippen molar-refractivity contribution >= 4 is 35.1 Å². The number of benzene rings is 4. The normalized spacial score (nSPS) is 11.8. The number of carboxylic acids is 2. The van der Waals surface area contributed by atoms with Gasteiger partial charge in [-0.2, -0.15) is 10.5 Å². The molecule has 0 fully saturated rings. The van der Waals surface area contributed by atoms with Gasteiger partial charge in [-0.3, -0.25) is 30.2 Å². The molecule has 0 spiro atoms. The Balaban J connectivity index is 1.20. The lowest BCUT2D eigenvalue weighted by atomic mass is 9.92. The van der Waals surface area contributed by atoms with E-state index in [9.17, 15) is 40.5 Å². The third-order valence-electron chi connectivity index (χ3n) is 10.9. The molecule has 16 nitrogen and oxygen atoms in total. The zero-order valence-corrected chi connectivity index (χ0v) is 38.3. The summed E-state index contributed by atoms with van der Waals surface area (Å²) >= 11 is 13.5. The second kappa shape index (κ2) is 24.0. The topological polar surface area (TPSA) is 249 Å². The molecule has 4 aromatic carbocycles. The first-order valence-electron chi connectivity index (χ1n) is 21.0. The van der Waals surface area contributed by atoms with Gasteiger partial charge in [0.25, 0.3) is 0 Å². The van der Waals surface area contributed by atoms with Crippen molar-refractivity contribution in [2.24, 2.45) is 0 Å². The molecule has 6 N–H and O–H groups in total. The molecule has 2 unspecified atom stereocenters. The van der Waals surface area contributed by atoms with Gasteiger partial charge in [-0.25, -0.2) is 0 Å². The van der Waals surface area contributed by atoms with Gasteiger partial charge in [0, 0.05) is 72.3 Å². The van der Waals surface area contributed by atoms with E-state index in [4.69, 9.17) is 42.1 Å². The number of ether oxygens (including phenoxy) is 4. The second-order valence-corrected chi connectivity index (χ2v) is 16.2. The molecular formula is C50H46Cl2N6O10. The molecule has 2 aromatic heterocycles. The minimum absolute atomic E-state index is 0.00156. The molecule has 6 aromatic rings. The summed E-state index contributed by atoms with van der Waals surface area (Å²) in [4.78, 5) is 31.3. The SMILES string of the molecule is Cc1c(COc2cc(OCc3cncc(C#N)c3)c(CNC(CO)C(=O)O)cc2Cl)cccc1-c1cccc(COc2cc(OCc3cncc(C#N)c3)c(CNC(CO)C(=O)O)cc2Cl)c1C. The Labute approximate surface area is 401 Å². The fourth-order valence-corrected chi connectivity index (χ4v) is 7.48. The van der Waals surface area contributed by atoms with Crippen LogP contribution in [0.1, 0.15) is 55.6 Å². The number of hydrogen-bond donors (Lipinski definition) is 6. The van der Waals surface area contributed by atoms with Gasteiger partial charge in [-0.05, 0) is 71.5 Å². The number of aliphatic hydroxyl groups is 2. The summed E-state index contributed by atoms with van der Waals surface area (Å²) in [5.41, 5.74) is 8.56. The number of hydrogen-bond acceptors (Lipinski definition) is 14. The lowest BCUT2D eigenvalue weighted by Crippen LogP contribution is -2.39. The van der Waals surface area contributed by atoms with Gasteiger partial charge in [0.1, 0.15) is 73.6 Å². The highest BCUT2D eigenvalue weighted by Gasteiger charge is 2.21. The van der Waals surface area contributed by atoms with Crippen LogP contribution in [0.5, 0.6) is 23.0 Å². The summed E-state index contributed by atoms with van der Waals surface area (Å²) in [6.45, 7) is 3.07. The van der Waals surface area contributed by atoms with Crippen LogP contribution in [0, 0.1) is 36.5 Å². The molecule has 0 aliphatic rings. The number of pyridine rings is 2.